The van der Waals surface area contributed by atoms with E-state index in [0.717, 1.165) is 9.87 Å². The van der Waals surface area contributed by atoms with Crippen molar-refractivity contribution in [3.63, 3.8) is 0 Å². The van der Waals surface area contributed by atoms with Crippen LogP contribution in [-0.4, -0.2) is 29.3 Å². The predicted molar refractivity (Wildman–Crippen MR) is 149 cm³/mol. The lowest BCUT2D eigenvalue weighted by atomic mass is 10.2. The van der Waals surface area contributed by atoms with Crippen LogP contribution < -0.4 is 14.3 Å². The second-order valence-electron chi connectivity index (χ2n) is 8.35. The molecule has 2 N–H and O–H groups in total. The van der Waals surface area contributed by atoms with Crippen LogP contribution in [0, 0.1) is 6.92 Å². The van der Waals surface area contributed by atoms with Gasteiger partial charge in [-0.15, -0.1) is 0 Å². The van der Waals surface area contributed by atoms with E-state index in [1.54, 1.807) is 48.5 Å². The lowest BCUT2D eigenvalue weighted by Gasteiger charge is -2.24. The molecule has 0 aliphatic rings. The highest BCUT2D eigenvalue weighted by Crippen LogP contribution is 2.26. The van der Waals surface area contributed by atoms with Gasteiger partial charge in [-0.25, -0.2) is 16.8 Å². The molecule has 0 aliphatic carbocycles. The van der Waals surface area contributed by atoms with Gasteiger partial charge in [-0.1, -0.05) is 41.9 Å². The Morgan fingerprint density at radius 3 is 2.03 bits per heavy atom. The van der Waals surface area contributed by atoms with Crippen LogP contribution in [0.5, 0.6) is 0 Å². The lowest BCUT2D eigenvalue weighted by molar-refractivity contribution is -0.114. The summed E-state index contributed by atoms with van der Waals surface area (Å²) in [4.78, 5) is 13.0. The number of halogens is 1. The monoisotopic (exact) mass is 569 g/mol. The normalized spacial score (nSPS) is 11.5. The topological polar surface area (TPSA) is 113 Å². The fourth-order valence-electron chi connectivity index (χ4n) is 3.60. The highest BCUT2D eigenvalue weighted by molar-refractivity contribution is 7.93. The maximum atomic E-state index is 13.5. The zero-order valence-corrected chi connectivity index (χ0v) is 22.6. The molecule has 0 bridgehead atoms. The number of carbonyl (C=O) groups excluding carboxylic acids is 1. The number of anilines is 3. The van der Waals surface area contributed by atoms with Crippen molar-refractivity contribution in [1.29, 1.82) is 0 Å². The first-order valence-electron chi connectivity index (χ1n) is 11.4. The Labute approximate surface area is 227 Å². The van der Waals surface area contributed by atoms with Gasteiger partial charge in [0.1, 0.15) is 6.54 Å². The fraction of sp³-hybridized carbons (Fsp3) is 0.0741. The van der Waals surface area contributed by atoms with Gasteiger partial charge < -0.3 is 5.32 Å². The first kappa shape index (κ1) is 27.2. The third-order valence-electron chi connectivity index (χ3n) is 5.45. The Balaban J connectivity index is 1.53. The number of aryl methyl sites for hydroxylation is 1. The van der Waals surface area contributed by atoms with E-state index in [1.165, 1.54) is 48.5 Å². The van der Waals surface area contributed by atoms with E-state index in [9.17, 15) is 21.6 Å². The van der Waals surface area contributed by atoms with Crippen LogP contribution in [-0.2, 0) is 24.8 Å². The van der Waals surface area contributed by atoms with E-state index >= 15 is 0 Å². The Bertz CT molecular complexity index is 1640. The zero-order chi connectivity index (χ0) is 27.3. The van der Waals surface area contributed by atoms with Crippen molar-refractivity contribution in [2.45, 2.75) is 16.7 Å². The summed E-state index contributed by atoms with van der Waals surface area (Å²) in [5.74, 6) is -0.609. The number of benzene rings is 4. The molecule has 4 aromatic rings. The van der Waals surface area contributed by atoms with E-state index < -0.39 is 32.5 Å². The molecule has 1 amide bonds. The third kappa shape index (κ3) is 6.52. The predicted octanol–water partition coefficient (Wildman–Crippen LogP) is 5.28. The average molecular weight is 570 g/mol. The van der Waals surface area contributed by atoms with Gasteiger partial charge in [-0.05, 0) is 85.3 Å². The highest BCUT2D eigenvalue weighted by Gasteiger charge is 2.27. The van der Waals surface area contributed by atoms with Crippen molar-refractivity contribution < 1.29 is 21.6 Å². The highest BCUT2D eigenvalue weighted by atomic mass is 35.5. The van der Waals surface area contributed by atoms with Gasteiger partial charge in [0.2, 0.25) is 5.91 Å². The van der Waals surface area contributed by atoms with Crippen molar-refractivity contribution in [1.82, 2.24) is 0 Å². The minimum Gasteiger partial charge on any atom is -0.325 e. The maximum Gasteiger partial charge on any atom is 0.264 e. The molecule has 11 heteroatoms. The van der Waals surface area contributed by atoms with Crippen molar-refractivity contribution >= 4 is 54.6 Å². The van der Waals surface area contributed by atoms with Gasteiger partial charge in [0.05, 0.1) is 15.5 Å². The summed E-state index contributed by atoms with van der Waals surface area (Å²) in [6, 6.07) is 26.5. The van der Waals surface area contributed by atoms with Crippen molar-refractivity contribution in [2.75, 3.05) is 20.9 Å². The maximum absolute atomic E-state index is 13.5. The Morgan fingerprint density at radius 1 is 0.763 bits per heavy atom. The number of nitrogens with zero attached hydrogens (tertiary/aromatic N) is 1. The molecule has 0 aromatic heterocycles. The number of hydrogen-bond donors (Lipinski definition) is 2. The molecule has 0 heterocycles. The first-order chi connectivity index (χ1) is 18.0. The largest absolute Gasteiger partial charge is 0.325 e. The van der Waals surface area contributed by atoms with E-state index in [2.05, 4.69) is 10.0 Å². The summed E-state index contributed by atoms with van der Waals surface area (Å²) in [6.45, 7) is 1.31. The molecule has 0 aliphatic heterocycles. The van der Waals surface area contributed by atoms with Crippen LogP contribution in [0.15, 0.2) is 113 Å². The van der Waals surface area contributed by atoms with Gasteiger partial charge in [-0.3, -0.25) is 13.8 Å². The van der Waals surface area contributed by atoms with Gasteiger partial charge in [-0.2, -0.15) is 0 Å². The number of amides is 1. The minimum absolute atomic E-state index is 0.00561. The molecule has 0 atom stereocenters. The van der Waals surface area contributed by atoms with Crippen LogP contribution in [0.4, 0.5) is 17.1 Å². The molecule has 0 saturated heterocycles. The minimum atomic E-state index is -4.10. The van der Waals surface area contributed by atoms with Crippen molar-refractivity contribution in [3.05, 3.63) is 114 Å². The van der Waals surface area contributed by atoms with Gasteiger partial charge in [0.15, 0.2) is 0 Å². The molecular formula is C27H24ClN3O5S2. The number of rotatable bonds is 9. The second-order valence-corrected chi connectivity index (χ2v) is 12.3. The van der Waals surface area contributed by atoms with Crippen LogP contribution in [0.2, 0.25) is 5.02 Å². The summed E-state index contributed by atoms with van der Waals surface area (Å²) >= 11 is 5.92. The number of para-hydroxylation sites is 1. The fourth-order valence-corrected chi connectivity index (χ4v) is 6.20. The second kappa shape index (κ2) is 11.3. The Kier molecular flexibility index (Phi) is 8.05. The number of nitrogens with one attached hydrogen (secondary N) is 2. The molecule has 0 radical (unpaired) electrons. The van der Waals surface area contributed by atoms with E-state index in [4.69, 9.17) is 11.6 Å². The molecule has 0 saturated carbocycles. The molecule has 0 fully saturated rings. The molecule has 0 spiro atoms. The first-order valence-corrected chi connectivity index (χ1v) is 14.7. The summed E-state index contributed by atoms with van der Waals surface area (Å²) in [6.07, 6.45) is 0. The Hall–Kier alpha value is -3.86. The van der Waals surface area contributed by atoms with Crippen molar-refractivity contribution in [3.8, 4) is 0 Å². The smallest absolute Gasteiger partial charge is 0.264 e. The van der Waals surface area contributed by atoms with E-state index in [1.807, 2.05) is 13.0 Å². The molecule has 0 unspecified atom stereocenters. The van der Waals surface area contributed by atoms with E-state index in [0.29, 0.717) is 22.1 Å². The molecule has 38 heavy (non-hydrogen) atoms. The quantitative estimate of drug-likeness (QED) is 0.285. The molecule has 196 valence electrons. The lowest BCUT2D eigenvalue weighted by Crippen LogP contribution is -2.38. The molecular weight excluding hydrogens is 546 g/mol. The molecule has 4 aromatic carbocycles. The summed E-state index contributed by atoms with van der Waals surface area (Å²) in [5.41, 5.74) is 1.87. The van der Waals surface area contributed by atoms with Gasteiger partial charge >= 0.3 is 0 Å². The number of hydrogen-bond acceptors (Lipinski definition) is 5. The number of sulfonamides is 2. The zero-order valence-electron chi connectivity index (χ0n) is 20.2. The summed E-state index contributed by atoms with van der Waals surface area (Å²) in [7, 11) is -7.93. The summed E-state index contributed by atoms with van der Waals surface area (Å²) < 4.78 is 55.8. The molecule has 8 nitrogen and oxygen atoms in total. The third-order valence-corrected chi connectivity index (χ3v) is 8.89. The number of carbonyl (C=O) groups is 1. The molecule has 4 rings (SSSR count). The van der Waals surface area contributed by atoms with Crippen LogP contribution >= 0.6 is 11.6 Å². The van der Waals surface area contributed by atoms with E-state index in [-0.39, 0.29) is 9.79 Å². The Morgan fingerprint density at radius 2 is 1.39 bits per heavy atom. The van der Waals surface area contributed by atoms with Gasteiger partial charge in [0, 0.05) is 16.4 Å². The van der Waals surface area contributed by atoms with Gasteiger partial charge in [0.25, 0.3) is 20.0 Å². The van der Waals surface area contributed by atoms with Crippen LogP contribution in [0.25, 0.3) is 0 Å². The van der Waals surface area contributed by atoms with Crippen molar-refractivity contribution in [2.24, 2.45) is 0 Å². The van der Waals surface area contributed by atoms with Crippen LogP contribution in [0.1, 0.15) is 5.56 Å². The summed E-state index contributed by atoms with van der Waals surface area (Å²) in [5, 5.41) is 3.02. The van der Waals surface area contributed by atoms with Crippen LogP contribution in [0.3, 0.4) is 0 Å². The standard InChI is InChI=1S/C27H24ClN3O5S2/c1-20-6-5-9-24(18-20)31(38(35,36)26-14-10-21(28)11-15-26)19-27(32)29-22-12-16-25(17-13-22)37(33,34)30-23-7-3-2-4-8-23/h2-18,30H,19H2,1H3,(H,29,32). The average Bonchev–Trinajstić information content (AvgIpc) is 2.88. The SMILES string of the molecule is Cc1cccc(N(CC(=O)Nc2ccc(S(=O)(=O)Nc3ccccc3)cc2)S(=O)(=O)c2ccc(Cl)cc2)c1.